The van der Waals surface area contributed by atoms with Crippen molar-refractivity contribution < 1.29 is 23.9 Å². The van der Waals surface area contributed by atoms with Crippen LogP contribution < -0.4 is 5.32 Å². The van der Waals surface area contributed by atoms with Crippen molar-refractivity contribution in [3.8, 4) is 0 Å². The highest BCUT2D eigenvalue weighted by atomic mass is 35.5. The first-order valence-corrected chi connectivity index (χ1v) is 8.64. The van der Waals surface area contributed by atoms with E-state index in [4.69, 9.17) is 16.3 Å². The van der Waals surface area contributed by atoms with Crippen LogP contribution in [0.15, 0.2) is 24.3 Å². The molecular formula is C19H24ClNO5. The molecule has 0 aromatic heterocycles. The van der Waals surface area contributed by atoms with Crippen LogP contribution in [-0.2, 0) is 23.9 Å². The summed E-state index contributed by atoms with van der Waals surface area (Å²) in [5.41, 5.74) is 1.68. The Morgan fingerprint density at radius 2 is 2.00 bits per heavy atom. The molecule has 0 aliphatic carbocycles. The number of aryl methyl sites for hydroxylation is 1. The molecule has 0 spiro atoms. The van der Waals surface area contributed by atoms with Crippen LogP contribution in [0, 0.1) is 12.8 Å². The Morgan fingerprint density at radius 3 is 2.58 bits per heavy atom. The number of hydrogen-bond donors (Lipinski definition) is 1. The van der Waals surface area contributed by atoms with Gasteiger partial charge in [0.15, 0.2) is 6.61 Å². The maximum Gasteiger partial charge on any atom is 0.331 e. The van der Waals surface area contributed by atoms with Gasteiger partial charge in [0.05, 0.1) is 7.11 Å². The number of carbonyl (C=O) groups excluding carboxylic acids is 3. The number of halogens is 1. The van der Waals surface area contributed by atoms with Crippen molar-refractivity contribution in [3.63, 3.8) is 0 Å². The summed E-state index contributed by atoms with van der Waals surface area (Å²) in [6.45, 7) is 5.11. The van der Waals surface area contributed by atoms with E-state index < -0.39 is 30.5 Å². The Balaban J connectivity index is 2.54. The van der Waals surface area contributed by atoms with Crippen LogP contribution in [0.1, 0.15) is 31.4 Å². The summed E-state index contributed by atoms with van der Waals surface area (Å²) in [7, 11) is 1.26. The summed E-state index contributed by atoms with van der Waals surface area (Å²) in [6, 6.07) is 4.59. The molecule has 2 atom stereocenters. The fraction of sp³-hybridized carbons (Fsp3) is 0.421. The van der Waals surface area contributed by atoms with Gasteiger partial charge in [-0.15, -0.1) is 0 Å². The fourth-order valence-electron chi connectivity index (χ4n) is 2.07. The van der Waals surface area contributed by atoms with Crippen LogP contribution in [0.2, 0.25) is 5.02 Å². The summed E-state index contributed by atoms with van der Waals surface area (Å²) < 4.78 is 9.57. The van der Waals surface area contributed by atoms with E-state index in [-0.39, 0.29) is 5.92 Å². The maximum atomic E-state index is 11.9. The molecule has 0 aliphatic heterocycles. The van der Waals surface area contributed by atoms with Gasteiger partial charge in [-0.3, -0.25) is 4.79 Å². The van der Waals surface area contributed by atoms with Crippen LogP contribution in [0.5, 0.6) is 0 Å². The van der Waals surface area contributed by atoms with Gasteiger partial charge in [0.1, 0.15) is 6.04 Å². The molecule has 0 radical (unpaired) electrons. The number of hydrogen-bond acceptors (Lipinski definition) is 5. The summed E-state index contributed by atoms with van der Waals surface area (Å²) in [4.78, 5) is 35.4. The summed E-state index contributed by atoms with van der Waals surface area (Å²) >= 11 is 6.01. The van der Waals surface area contributed by atoms with Crippen LogP contribution in [0.3, 0.4) is 0 Å². The molecule has 0 bridgehead atoms. The van der Waals surface area contributed by atoms with Gasteiger partial charge in [-0.25, -0.2) is 9.59 Å². The summed E-state index contributed by atoms with van der Waals surface area (Å²) in [5.74, 6) is -1.88. The Kier molecular flexibility index (Phi) is 8.85. The average Bonchev–Trinajstić information content (AvgIpc) is 2.64. The molecule has 142 valence electrons. The Bertz CT molecular complexity index is 687. The monoisotopic (exact) mass is 381 g/mol. The molecule has 1 rings (SSSR count). The molecular weight excluding hydrogens is 358 g/mol. The predicted octanol–water partition coefficient (Wildman–Crippen LogP) is 2.91. The molecule has 1 amide bonds. The molecule has 6 nitrogen and oxygen atoms in total. The summed E-state index contributed by atoms with van der Waals surface area (Å²) in [5, 5.41) is 3.13. The van der Waals surface area contributed by atoms with Crippen molar-refractivity contribution in [2.75, 3.05) is 13.7 Å². The number of carbonyl (C=O) groups is 3. The van der Waals surface area contributed by atoms with Crippen molar-refractivity contribution >= 4 is 35.5 Å². The van der Waals surface area contributed by atoms with Crippen molar-refractivity contribution in [2.45, 2.75) is 33.2 Å². The normalized spacial score (nSPS) is 13.1. The number of amides is 1. The zero-order valence-electron chi connectivity index (χ0n) is 15.4. The van der Waals surface area contributed by atoms with E-state index in [1.165, 1.54) is 13.2 Å². The van der Waals surface area contributed by atoms with E-state index in [0.29, 0.717) is 11.4 Å². The van der Waals surface area contributed by atoms with Crippen LogP contribution in [0.25, 0.3) is 6.08 Å². The van der Waals surface area contributed by atoms with Crippen molar-refractivity contribution in [3.05, 3.63) is 40.4 Å². The first-order chi connectivity index (χ1) is 12.3. The van der Waals surface area contributed by atoms with Gasteiger partial charge >= 0.3 is 11.9 Å². The molecule has 7 heteroatoms. The van der Waals surface area contributed by atoms with E-state index in [1.54, 1.807) is 12.1 Å². The van der Waals surface area contributed by atoms with Crippen LogP contribution >= 0.6 is 11.6 Å². The zero-order valence-corrected chi connectivity index (χ0v) is 16.1. The lowest BCUT2D eigenvalue weighted by molar-refractivity contribution is -0.148. The van der Waals surface area contributed by atoms with E-state index in [9.17, 15) is 14.4 Å². The highest BCUT2D eigenvalue weighted by Crippen LogP contribution is 2.17. The lowest BCUT2D eigenvalue weighted by Crippen LogP contribution is -2.47. The first-order valence-electron chi connectivity index (χ1n) is 8.26. The van der Waals surface area contributed by atoms with E-state index >= 15 is 0 Å². The number of nitrogens with one attached hydrogen (secondary N) is 1. The molecule has 0 unspecified atom stereocenters. The fourth-order valence-corrected chi connectivity index (χ4v) is 2.26. The molecule has 0 fully saturated rings. The third-order valence-electron chi connectivity index (χ3n) is 3.94. The Hall–Kier alpha value is -2.34. The molecule has 0 saturated carbocycles. The lowest BCUT2D eigenvalue weighted by atomic mass is 9.99. The number of methoxy groups -OCH3 is 1. The lowest BCUT2D eigenvalue weighted by Gasteiger charge is -2.21. The standard InChI is InChI=1S/C19H24ClNO5/c1-5-12(2)18(19(24)25-4)21-16(22)11-26-17(23)9-8-14-7-6-13(3)15(20)10-14/h6-10,12,18H,5,11H2,1-4H3,(H,21,22)/b9-8+/t12-,18+/m0/s1. The second kappa shape index (κ2) is 10.6. The number of esters is 2. The SMILES string of the molecule is CC[C@H](C)[C@@H](NC(=O)COC(=O)/C=C/c1ccc(C)c(Cl)c1)C(=O)OC. The second-order valence-corrected chi connectivity index (χ2v) is 6.31. The van der Waals surface area contributed by atoms with Gasteiger partial charge in [0, 0.05) is 11.1 Å². The minimum Gasteiger partial charge on any atom is -0.467 e. The van der Waals surface area contributed by atoms with E-state index in [0.717, 1.165) is 11.1 Å². The van der Waals surface area contributed by atoms with Crippen molar-refractivity contribution in [1.82, 2.24) is 5.32 Å². The van der Waals surface area contributed by atoms with Gasteiger partial charge in [0.2, 0.25) is 0 Å². The minimum atomic E-state index is -0.776. The quantitative estimate of drug-likeness (QED) is 0.553. The molecule has 0 saturated heterocycles. The molecule has 1 N–H and O–H groups in total. The van der Waals surface area contributed by atoms with Crippen LogP contribution in [-0.4, -0.2) is 37.6 Å². The van der Waals surface area contributed by atoms with Gasteiger partial charge in [-0.05, 0) is 36.1 Å². The highest BCUT2D eigenvalue weighted by molar-refractivity contribution is 6.31. The molecule has 26 heavy (non-hydrogen) atoms. The van der Waals surface area contributed by atoms with Crippen LogP contribution in [0.4, 0.5) is 0 Å². The number of ether oxygens (including phenoxy) is 2. The highest BCUT2D eigenvalue weighted by Gasteiger charge is 2.26. The maximum absolute atomic E-state index is 11.9. The first kappa shape index (κ1) is 21.7. The zero-order chi connectivity index (χ0) is 19.7. The number of benzene rings is 1. The predicted molar refractivity (Wildman–Crippen MR) is 99.6 cm³/mol. The molecule has 0 heterocycles. The van der Waals surface area contributed by atoms with Gasteiger partial charge < -0.3 is 14.8 Å². The van der Waals surface area contributed by atoms with Gasteiger partial charge in [-0.1, -0.05) is 44.0 Å². The number of rotatable bonds is 8. The second-order valence-electron chi connectivity index (χ2n) is 5.90. The van der Waals surface area contributed by atoms with Crippen molar-refractivity contribution in [2.24, 2.45) is 5.92 Å². The van der Waals surface area contributed by atoms with E-state index in [2.05, 4.69) is 10.1 Å². The van der Waals surface area contributed by atoms with Gasteiger partial charge in [0.25, 0.3) is 5.91 Å². The smallest absolute Gasteiger partial charge is 0.331 e. The average molecular weight is 382 g/mol. The summed E-state index contributed by atoms with van der Waals surface area (Å²) in [6.07, 6.45) is 3.43. The topological polar surface area (TPSA) is 81.7 Å². The molecule has 1 aromatic rings. The van der Waals surface area contributed by atoms with E-state index in [1.807, 2.05) is 32.9 Å². The Labute approximate surface area is 158 Å². The minimum absolute atomic E-state index is 0.103. The third-order valence-corrected chi connectivity index (χ3v) is 4.35. The molecule has 1 aromatic carbocycles. The largest absolute Gasteiger partial charge is 0.467 e. The third kappa shape index (κ3) is 6.88. The Morgan fingerprint density at radius 1 is 1.31 bits per heavy atom. The molecule has 0 aliphatic rings. The van der Waals surface area contributed by atoms with Crippen molar-refractivity contribution in [1.29, 1.82) is 0 Å². The van der Waals surface area contributed by atoms with Gasteiger partial charge in [-0.2, -0.15) is 0 Å².